The quantitative estimate of drug-likeness (QED) is 0.628. The molecule has 3 heteroatoms. The summed E-state index contributed by atoms with van der Waals surface area (Å²) < 4.78 is 6.87. The van der Waals surface area contributed by atoms with Crippen molar-refractivity contribution in [3.63, 3.8) is 0 Å². The molecule has 0 heterocycles. The topological polar surface area (TPSA) is 9.23 Å². The summed E-state index contributed by atoms with van der Waals surface area (Å²) in [5.74, 6) is 1.71. The van der Waals surface area contributed by atoms with Gasteiger partial charge in [-0.3, -0.25) is 0 Å². The van der Waals surface area contributed by atoms with Crippen molar-refractivity contribution in [1.29, 1.82) is 0 Å². The highest BCUT2D eigenvalue weighted by Gasteiger charge is 2.02. The van der Waals surface area contributed by atoms with Gasteiger partial charge in [0.05, 0.1) is 0 Å². The Bertz CT molecular complexity index is 521. The minimum atomic E-state index is 0.832. The van der Waals surface area contributed by atoms with Crippen LogP contribution in [0.15, 0.2) is 46.9 Å². The van der Waals surface area contributed by atoms with E-state index in [1.54, 1.807) is 0 Å². The smallest absolute Gasteiger partial charge is 0.128 e. The van der Waals surface area contributed by atoms with Crippen molar-refractivity contribution in [3.8, 4) is 11.5 Å². The zero-order valence-corrected chi connectivity index (χ0v) is 13.3. The van der Waals surface area contributed by atoms with Crippen molar-refractivity contribution >= 4 is 31.9 Å². The number of alkyl halides is 1. The molecule has 2 aromatic carbocycles. The Labute approximate surface area is 124 Å². The maximum Gasteiger partial charge on any atom is 0.128 e. The van der Waals surface area contributed by atoms with Gasteiger partial charge in [-0.25, -0.2) is 0 Å². The molecular weight excluding hydrogens is 356 g/mol. The molecule has 0 spiro atoms. The molecule has 0 aliphatic carbocycles. The lowest BCUT2D eigenvalue weighted by Gasteiger charge is -2.08. The van der Waals surface area contributed by atoms with Crippen LogP contribution < -0.4 is 4.74 Å². The van der Waals surface area contributed by atoms with E-state index < -0.39 is 0 Å². The molecule has 0 amide bonds. The summed E-state index contributed by atoms with van der Waals surface area (Å²) in [7, 11) is 0. The van der Waals surface area contributed by atoms with Gasteiger partial charge in [0.1, 0.15) is 11.5 Å². The van der Waals surface area contributed by atoms with E-state index in [4.69, 9.17) is 4.74 Å². The first-order valence-electron chi connectivity index (χ1n) is 5.84. The molecule has 0 atom stereocenters. The third kappa shape index (κ3) is 3.36. The van der Waals surface area contributed by atoms with Gasteiger partial charge in [-0.1, -0.05) is 57.0 Å². The summed E-state index contributed by atoms with van der Waals surface area (Å²) in [4.78, 5) is 0. The first kappa shape index (κ1) is 13.6. The van der Waals surface area contributed by atoms with E-state index in [1.807, 2.05) is 24.3 Å². The van der Waals surface area contributed by atoms with Crippen LogP contribution in [-0.4, -0.2) is 0 Å². The predicted octanol–water partition coefficient (Wildman–Crippen LogP) is 5.70. The SMILES string of the molecule is CCc1ccc(Oc2ccc(CBr)c(Br)c2)cc1. The largest absolute Gasteiger partial charge is 0.457 e. The summed E-state index contributed by atoms with van der Waals surface area (Å²) in [5.41, 5.74) is 2.53. The molecule has 18 heavy (non-hydrogen) atoms. The lowest BCUT2D eigenvalue weighted by Crippen LogP contribution is -1.87. The Morgan fingerprint density at radius 3 is 2.22 bits per heavy atom. The molecule has 0 unspecified atom stereocenters. The standard InChI is InChI=1S/C15H14Br2O/c1-2-11-3-6-13(7-4-11)18-14-8-5-12(10-16)15(17)9-14/h3-9H,2,10H2,1H3. The fourth-order valence-corrected chi connectivity index (χ4v) is 2.99. The van der Waals surface area contributed by atoms with E-state index in [-0.39, 0.29) is 0 Å². The monoisotopic (exact) mass is 368 g/mol. The second-order valence-corrected chi connectivity index (χ2v) is 5.40. The van der Waals surface area contributed by atoms with Gasteiger partial charge in [-0.05, 0) is 41.8 Å². The average molecular weight is 370 g/mol. The van der Waals surface area contributed by atoms with Crippen molar-refractivity contribution in [1.82, 2.24) is 0 Å². The summed E-state index contributed by atoms with van der Waals surface area (Å²) >= 11 is 6.98. The molecule has 0 saturated carbocycles. The first-order valence-corrected chi connectivity index (χ1v) is 7.75. The molecule has 0 aliphatic heterocycles. The van der Waals surface area contributed by atoms with Crippen molar-refractivity contribution < 1.29 is 4.74 Å². The van der Waals surface area contributed by atoms with Gasteiger partial charge in [0.25, 0.3) is 0 Å². The molecule has 0 bridgehead atoms. The van der Waals surface area contributed by atoms with Gasteiger partial charge in [-0.15, -0.1) is 0 Å². The van der Waals surface area contributed by atoms with Gasteiger partial charge in [-0.2, -0.15) is 0 Å². The van der Waals surface area contributed by atoms with Gasteiger partial charge >= 0.3 is 0 Å². The predicted molar refractivity (Wildman–Crippen MR) is 82.7 cm³/mol. The van der Waals surface area contributed by atoms with Crippen LogP contribution in [0.5, 0.6) is 11.5 Å². The molecule has 0 radical (unpaired) electrons. The second-order valence-electron chi connectivity index (χ2n) is 3.99. The van der Waals surface area contributed by atoms with Crippen LogP contribution in [0, 0.1) is 0 Å². The Balaban J connectivity index is 2.15. The molecular formula is C15H14Br2O. The minimum absolute atomic E-state index is 0.832. The van der Waals surface area contributed by atoms with E-state index >= 15 is 0 Å². The van der Waals surface area contributed by atoms with Crippen molar-refractivity contribution in [2.75, 3.05) is 0 Å². The van der Waals surface area contributed by atoms with E-state index in [2.05, 4.69) is 57.0 Å². The van der Waals surface area contributed by atoms with E-state index in [0.717, 1.165) is 27.7 Å². The number of ether oxygens (including phenoxy) is 1. The Morgan fingerprint density at radius 1 is 1.00 bits per heavy atom. The normalized spacial score (nSPS) is 10.4. The van der Waals surface area contributed by atoms with Crippen LogP contribution >= 0.6 is 31.9 Å². The van der Waals surface area contributed by atoms with Crippen LogP contribution in [0.25, 0.3) is 0 Å². The number of rotatable bonds is 4. The summed E-state index contributed by atoms with van der Waals surface area (Å²) in [6, 6.07) is 14.2. The molecule has 2 aromatic rings. The second kappa shape index (κ2) is 6.39. The highest BCUT2D eigenvalue weighted by Crippen LogP contribution is 2.28. The number of aryl methyl sites for hydroxylation is 1. The molecule has 0 aromatic heterocycles. The van der Waals surface area contributed by atoms with E-state index in [9.17, 15) is 0 Å². The maximum absolute atomic E-state index is 5.81. The third-order valence-corrected chi connectivity index (χ3v) is 4.08. The van der Waals surface area contributed by atoms with Crippen LogP contribution in [0.2, 0.25) is 0 Å². The molecule has 1 nitrogen and oxygen atoms in total. The number of halogens is 2. The lowest BCUT2D eigenvalue weighted by atomic mass is 10.2. The lowest BCUT2D eigenvalue weighted by molar-refractivity contribution is 0.482. The zero-order valence-electron chi connectivity index (χ0n) is 10.1. The maximum atomic E-state index is 5.81. The van der Waals surface area contributed by atoms with Gasteiger partial charge in [0.2, 0.25) is 0 Å². The first-order chi connectivity index (χ1) is 8.72. The van der Waals surface area contributed by atoms with Crippen LogP contribution in [0.3, 0.4) is 0 Å². The number of benzene rings is 2. The van der Waals surface area contributed by atoms with Crippen molar-refractivity contribution in [2.45, 2.75) is 18.7 Å². The van der Waals surface area contributed by atoms with E-state index in [1.165, 1.54) is 11.1 Å². The minimum Gasteiger partial charge on any atom is -0.457 e. The van der Waals surface area contributed by atoms with Crippen LogP contribution in [-0.2, 0) is 11.8 Å². The summed E-state index contributed by atoms with van der Waals surface area (Å²) in [5, 5.41) is 0.832. The average Bonchev–Trinajstić information content (AvgIpc) is 2.40. The molecule has 0 fully saturated rings. The number of hydrogen-bond acceptors (Lipinski definition) is 1. The molecule has 0 saturated heterocycles. The highest BCUT2D eigenvalue weighted by molar-refractivity contribution is 9.10. The third-order valence-electron chi connectivity index (χ3n) is 2.74. The van der Waals surface area contributed by atoms with Crippen molar-refractivity contribution in [2.24, 2.45) is 0 Å². The van der Waals surface area contributed by atoms with Crippen LogP contribution in [0.4, 0.5) is 0 Å². The fraction of sp³-hybridized carbons (Fsp3) is 0.200. The van der Waals surface area contributed by atoms with Crippen molar-refractivity contribution in [3.05, 3.63) is 58.1 Å². The summed E-state index contributed by atoms with van der Waals surface area (Å²) in [6.07, 6.45) is 1.05. The number of hydrogen-bond donors (Lipinski definition) is 0. The Hall–Kier alpha value is -0.800. The highest BCUT2D eigenvalue weighted by atomic mass is 79.9. The molecule has 2 rings (SSSR count). The summed E-state index contributed by atoms with van der Waals surface area (Å²) in [6.45, 7) is 2.14. The fourth-order valence-electron chi connectivity index (χ4n) is 1.63. The molecule has 0 N–H and O–H groups in total. The van der Waals surface area contributed by atoms with Gasteiger partial charge in [0.15, 0.2) is 0 Å². The Kier molecular flexibility index (Phi) is 4.84. The van der Waals surface area contributed by atoms with E-state index in [0.29, 0.717) is 0 Å². The molecule has 94 valence electrons. The van der Waals surface area contributed by atoms with Crippen LogP contribution in [0.1, 0.15) is 18.1 Å². The van der Waals surface area contributed by atoms with Gasteiger partial charge in [0, 0.05) is 9.80 Å². The van der Waals surface area contributed by atoms with Gasteiger partial charge < -0.3 is 4.74 Å². The molecule has 0 aliphatic rings. The zero-order chi connectivity index (χ0) is 13.0. The Morgan fingerprint density at radius 2 is 1.67 bits per heavy atom.